The maximum Gasteiger partial charge on any atom is 0.235 e. The van der Waals surface area contributed by atoms with Crippen LogP contribution in [0.25, 0.3) is 0 Å². The molecule has 2 aromatic rings. The van der Waals surface area contributed by atoms with Gasteiger partial charge in [0.1, 0.15) is 16.1 Å². The van der Waals surface area contributed by atoms with Crippen molar-refractivity contribution >= 4 is 45.3 Å². The fraction of sp³-hybridized carbons (Fsp3) is 0.579. The summed E-state index contributed by atoms with van der Waals surface area (Å²) in [5, 5.41) is 22.2. The number of nitrogens with zero attached hydrogens (tertiary/aromatic N) is 3. The van der Waals surface area contributed by atoms with Gasteiger partial charge in [-0.1, -0.05) is 50.3 Å². The number of thioether (sulfide) groups is 1. The molecule has 0 bridgehead atoms. The van der Waals surface area contributed by atoms with Gasteiger partial charge in [0.15, 0.2) is 4.34 Å². The van der Waals surface area contributed by atoms with E-state index in [1.54, 1.807) is 11.3 Å². The SMILES string of the molecule is CCC(C)(C)[C@@H]1CCc2c(sc(NC(=O)CSc3nnc(C)s3)c2C#N)C1. The maximum absolute atomic E-state index is 12.4. The zero-order valence-corrected chi connectivity index (χ0v) is 18.5. The monoisotopic (exact) mass is 420 g/mol. The van der Waals surface area contributed by atoms with Gasteiger partial charge in [-0.25, -0.2) is 0 Å². The smallest absolute Gasteiger partial charge is 0.235 e. The molecular formula is C19H24N4OS3. The fourth-order valence-corrected chi connectivity index (χ4v) is 6.28. The highest BCUT2D eigenvalue weighted by molar-refractivity contribution is 8.01. The highest BCUT2D eigenvalue weighted by Gasteiger charge is 2.34. The number of carbonyl (C=O) groups is 1. The van der Waals surface area contributed by atoms with E-state index in [2.05, 4.69) is 42.4 Å². The minimum atomic E-state index is -0.103. The molecule has 0 fully saturated rings. The van der Waals surface area contributed by atoms with Crippen molar-refractivity contribution in [3.8, 4) is 6.07 Å². The first kappa shape index (κ1) is 20.3. The predicted octanol–water partition coefficient (Wildman–Crippen LogP) is 5.05. The lowest BCUT2D eigenvalue weighted by Gasteiger charge is -2.36. The Morgan fingerprint density at radius 1 is 1.41 bits per heavy atom. The Balaban J connectivity index is 1.70. The molecule has 8 heteroatoms. The summed E-state index contributed by atoms with van der Waals surface area (Å²) >= 11 is 4.44. The van der Waals surface area contributed by atoms with E-state index in [0.29, 0.717) is 21.9 Å². The van der Waals surface area contributed by atoms with Crippen molar-refractivity contribution in [2.24, 2.45) is 11.3 Å². The summed E-state index contributed by atoms with van der Waals surface area (Å²) in [4.78, 5) is 13.6. The van der Waals surface area contributed by atoms with Gasteiger partial charge in [0, 0.05) is 4.88 Å². The molecule has 0 aliphatic heterocycles. The second-order valence-electron chi connectivity index (χ2n) is 7.53. The van der Waals surface area contributed by atoms with Gasteiger partial charge >= 0.3 is 0 Å². The Labute approximate surface area is 172 Å². The molecular weight excluding hydrogens is 396 g/mol. The lowest BCUT2D eigenvalue weighted by Crippen LogP contribution is -2.28. The number of amides is 1. The van der Waals surface area contributed by atoms with Crippen LogP contribution in [-0.2, 0) is 17.6 Å². The third kappa shape index (κ3) is 4.53. The molecule has 1 N–H and O–H groups in total. The van der Waals surface area contributed by atoms with Gasteiger partial charge in [0.2, 0.25) is 5.91 Å². The van der Waals surface area contributed by atoms with Crippen LogP contribution in [0.4, 0.5) is 5.00 Å². The van der Waals surface area contributed by atoms with E-state index >= 15 is 0 Å². The standard InChI is InChI=1S/C19H24N4OS3/c1-5-19(3,4)12-6-7-13-14(9-20)17(27-15(13)8-12)21-16(24)10-25-18-23-22-11(2)26-18/h12H,5-8,10H2,1-4H3,(H,21,24)/t12-/m1/s1. The van der Waals surface area contributed by atoms with Gasteiger partial charge in [-0.2, -0.15) is 5.26 Å². The van der Waals surface area contributed by atoms with Crippen molar-refractivity contribution in [3.05, 3.63) is 21.0 Å². The molecule has 2 aromatic heterocycles. The molecule has 144 valence electrons. The van der Waals surface area contributed by atoms with Crippen LogP contribution in [0.5, 0.6) is 0 Å². The Morgan fingerprint density at radius 3 is 2.81 bits per heavy atom. The predicted molar refractivity (Wildman–Crippen MR) is 113 cm³/mol. The van der Waals surface area contributed by atoms with Crippen molar-refractivity contribution in [2.75, 3.05) is 11.1 Å². The third-order valence-electron chi connectivity index (χ3n) is 5.48. The molecule has 1 aliphatic rings. The Bertz CT molecular complexity index is 878. The number of thiophene rings is 1. The lowest BCUT2D eigenvalue weighted by atomic mass is 9.69. The molecule has 1 atom stereocenters. The van der Waals surface area contributed by atoms with Gasteiger partial charge in [-0.15, -0.1) is 21.5 Å². The van der Waals surface area contributed by atoms with Gasteiger partial charge in [0.05, 0.1) is 11.3 Å². The van der Waals surface area contributed by atoms with Crippen molar-refractivity contribution < 1.29 is 4.79 Å². The number of carbonyl (C=O) groups excluding carboxylic acids is 1. The van der Waals surface area contributed by atoms with Crippen LogP contribution in [0.2, 0.25) is 0 Å². The highest BCUT2D eigenvalue weighted by atomic mass is 32.2. The number of anilines is 1. The average Bonchev–Trinajstić information content (AvgIpc) is 3.21. The van der Waals surface area contributed by atoms with E-state index in [1.807, 2.05) is 6.92 Å². The second kappa shape index (κ2) is 8.29. The van der Waals surface area contributed by atoms with E-state index in [-0.39, 0.29) is 11.7 Å². The number of nitriles is 1. The van der Waals surface area contributed by atoms with E-state index < -0.39 is 0 Å². The van der Waals surface area contributed by atoms with Gasteiger partial charge in [-0.3, -0.25) is 4.79 Å². The van der Waals surface area contributed by atoms with Crippen LogP contribution in [0.15, 0.2) is 4.34 Å². The number of nitrogens with one attached hydrogen (secondary N) is 1. The largest absolute Gasteiger partial charge is 0.316 e. The molecule has 0 saturated carbocycles. The summed E-state index contributed by atoms with van der Waals surface area (Å²) in [7, 11) is 0. The third-order valence-corrected chi connectivity index (χ3v) is 8.62. The van der Waals surface area contributed by atoms with Gasteiger partial charge in [-0.05, 0) is 43.1 Å². The van der Waals surface area contributed by atoms with Crippen molar-refractivity contribution in [1.29, 1.82) is 5.26 Å². The second-order valence-corrected chi connectivity index (χ2v) is 11.0. The van der Waals surface area contributed by atoms with Gasteiger partial charge < -0.3 is 5.32 Å². The minimum Gasteiger partial charge on any atom is -0.316 e. The topological polar surface area (TPSA) is 78.7 Å². The number of aryl methyl sites for hydroxylation is 1. The first-order valence-electron chi connectivity index (χ1n) is 9.11. The summed E-state index contributed by atoms with van der Waals surface area (Å²) in [6, 6.07) is 2.32. The molecule has 0 aromatic carbocycles. The van der Waals surface area contributed by atoms with Crippen LogP contribution in [-0.4, -0.2) is 21.9 Å². The van der Waals surface area contributed by atoms with E-state index in [0.717, 1.165) is 40.6 Å². The molecule has 1 amide bonds. The van der Waals surface area contributed by atoms with Gasteiger partial charge in [0.25, 0.3) is 0 Å². The van der Waals surface area contributed by atoms with Crippen LogP contribution < -0.4 is 5.32 Å². The number of rotatable bonds is 6. The van der Waals surface area contributed by atoms with Crippen LogP contribution in [0.3, 0.4) is 0 Å². The van der Waals surface area contributed by atoms with Crippen LogP contribution >= 0.6 is 34.4 Å². The zero-order valence-electron chi connectivity index (χ0n) is 16.1. The molecule has 5 nitrogen and oxygen atoms in total. The summed E-state index contributed by atoms with van der Waals surface area (Å²) in [5.74, 6) is 0.793. The normalized spacial score (nSPS) is 16.6. The molecule has 2 heterocycles. The van der Waals surface area contributed by atoms with E-state index in [1.165, 1.54) is 28.0 Å². The van der Waals surface area contributed by atoms with Crippen molar-refractivity contribution in [2.45, 2.75) is 57.7 Å². The quantitative estimate of drug-likeness (QED) is 0.662. The highest BCUT2D eigenvalue weighted by Crippen LogP contribution is 2.45. The van der Waals surface area contributed by atoms with Crippen molar-refractivity contribution in [1.82, 2.24) is 10.2 Å². The molecule has 27 heavy (non-hydrogen) atoms. The maximum atomic E-state index is 12.4. The molecule has 3 rings (SSSR count). The number of fused-ring (bicyclic) bond motifs is 1. The van der Waals surface area contributed by atoms with Crippen molar-refractivity contribution in [3.63, 3.8) is 0 Å². The minimum absolute atomic E-state index is 0.103. The first-order valence-corrected chi connectivity index (χ1v) is 11.7. The fourth-order valence-electron chi connectivity index (χ4n) is 3.37. The Morgan fingerprint density at radius 2 is 2.19 bits per heavy atom. The van der Waals surface area contributed by atoms with Crippen LogP contribution in [0, 0.1) is 29.6 Å². The summed E-state index contributed by atoms with van der Waals surface area (Å²) in [6.07, 6.45) is 4.19. The Hall–Kier alpha value is -1.43. The summed E-state index contributed by atoms with van der Waals surface area (Å²) < 4.78 is 0.790. The molecule has 0 radical (unpaired) electrons. The summed E-state index contributed by atoms with van der Waals surface area (Å²) in [6.45, 7) is 8.80. The van der Waals surface area contributed by atoms with E-state index in [9.17, 15) is 10.1 Å². The average molecular weight is 421 g/mol. The molecule has 1 aliphatic carbocycles. The van der Waals surface area contributed by atoms with E-state index in [4.69, 9.17) is 0 Å². The lowest BCUT2D eigenvalue weighted by molar-refractivity contribution is -0.113. The first-order chi connectivity index (χ1) is 12.8. The Kier molecular flexibility index (Phi) is 6.24. The number of hydrogen-bond donors (Lipinski definition) is 1. The number of hydrogen-bond acceptors (Lipinski definition) is 7. The summed E-state index contributed by atoms with van der Waals surface area (Å²) in [5.41, 5.74) is 2.11. The molecule has 0 unspecified atom stereocenters. The number of aromatic nitrogens is 2. The zero-order chi connectivity index (χ0) is 19.6. The molecule has 0 saturated heterocycles. The van der Waals surface area contributed by atoms with Crippen LogP contribution in [0.1, 0.15) is 54.6 Å². The molecule has 0 spiro atoms.